The number of amides is 1. The minimum atomic E-state index is -3.50. The maximum atomic E-state index is 12.9. The Morgan fingerprint density at radius 3 is 2.07 bits per heavy atom. The van der Waals surface area contributed by atoms with Gasteiger partial charge in [-0.2, -0.15) is 4.31 Å². The van der Waals surface area contributed by atoms with Gasteiger partial charge >= 0.3 is 0 Å². The van der Waals surface area contributed by atoms with Gasteiger partial charge in [-0.05, 0) is 55.4 Å². The summed E-state index contributed by atoms with van der Waals surface area (Å²) in [5, 5.41) is 3.11. The van der Waals surface area contributed by atoms with Crippen LogP contribution in [0.2, 0.25) is 0 Å². The van der Waals surface area contributed by atoms with Crippen LogP contribution in [0.1, 0.15) is 69.2 Å². The van der Waals surface area contributed by atoms with Crippen LogP contribution in [0.3, 0.4) is 0 Å². The van der Waals surface area contributed by atoms with Crippen molar-refractivity contribution in [2.45, 2.75) is 69.7 Å². The van der Waals surface area contributed by atoms with Crippen molar-refractivity contribution in [1.82, 2.24) is 9.62 Å². The second-order valence-electron chi connectivity index (χ2n) is 8.45. The van der Waals surface area contributed by atoms with E-state index < -0.39 is 10.0 Å². The molecule has 2 fully saturated rings. The predicted octanol–water partition coefficient (Wildman–Crippen LogP) is 3.81. The molecule has 1 heterocycles. The number of hydrogen-bond donors (Lipinski definition) is 1. The van der Waals surface area contributed by atoms with Crippen molar-refractivity contribution < 1.29 is 13.2 Å². The minimum absolute atomic E-state index is 0.105. The molecule has 2 atom stereocenters. The van der Waals surface area contributed by atoms with Gasteiger partial charge in [0.1, 0.15) is 0 Å². The normalized spacial score (nSPS) is 25.7. The Morgan fingerprint density at radius 2 is 1.52 bits per heavy atom. The Morgan fingerprint density at radius 1 is 0.963 bits per heavy atom. The monoisotopic (exact) mass is 392 g/mol. The zero-order valence-electron chi connectivity index (χ0n) is 16.5. The van der Waals surface area contributed by atoms with Gasteiger partial charge < -0.3 is 5.32 Å². The number of piperidine rings is 1. The largest absolute Gasteiger partial charge is 0.349 e. The molecule has 5 nitrogen and oxygen atoms in total. The highest BCUT2D eigenvalue weighted by atomic mass is 32.2. The van der Waals surface area contributed by atoms with E-state index in [1.54, 1.807) is 28.6 Å². The number of hydrogen-bond acceptors (Lipinski definition) is 3. The van der Waals surface area contributed by atoms with E-state index in [2.05, 4.69) is 19.2 Å². The summed E-state index contributed by atoms with van der Waals surface area (Å²) in [6.07, 6.45) is 7.93. The van der Waals surface area contributed by atoms with Crippen LogP contribution in [0, 0.1) is 11.8 Å². The van der Waals surface area contributed by atoms with Gasteiger partial charge in [0.2, 0.25) is 10.0 Å². The van der Waals surface area contributed by atoms with Crippen LogP contribution < -0.4 is 5.32 Å². The molecule has 27 heavy (non-hydrogen) atoms. The molecule has 0 bridgehead atoms. The molecule has 6 heteroatoms. The number of carbonyl (C=O) groups excluding carboxylic acids is 1. The fourth-order valence-electron chi connectivity index (χ4n) is 4.42. The van der Waals surface area contributed by atoms with E-state index in [4.69, 9.17) is 0 Å². The molecular formula is C21H32N2O3S. The molecule has 1 N–H and O–H groups in total. The van der Waals surface area contributed by atoms with E-state index in [1.807, 2.05) is 0 Å². The molecule has 2 unspecified atom stereocenters. The molecule has 1 aromatic carbocycles. The second kappa shape index (κ2) is 8.74. The van der Waals surface area contributed by atoms with Gasteiger partial charge in [-0.3, -0.25) is 4.79 Å². The molecule has 0 spiro atoms. The fraction of sp³-hybridized carbons (Fsp3) is 0.667. The fourth-order valence-corrected chi connectivity index (χ4v) is 6.10. The molecule has 1 aliphatic carbocycles. The lowest BCUT2D eigenvalue weighted by molar-refractivity contribution is 0.0933. The van der Waals surface area contributed by atoms with Crippen molar-refractivity contribution in [2.24, 2.45) is 11.8 Å². The van der Waals surface area contributed by atoms with E-state index in [1.165, 1.54) is 12.8 Å². The quantitative estimate of drug-likeness (QED) is 0.793. The van der Waals surface area contributed by atoms with E-state index in [0.29, 0.717) is 30.5 Å². The standard InChI is InChI=1S/C21H32N2O3S/c1-16-13-17(2)15-23(14-16)27(25,26)20-11-9-18(10-12-20)21(24)22-19-7-5-3-4-6-8-19/h9-12,16-17,19H,3-8,13-15H2,1-2H3,(H,22,24). The van der Waals surface area contributed by atoms with Gasteiger partial charge in [0.25, 0.3) is 5.91 Å². The number of sulfonamides is 1. The molecule has 0 aromatic heterocycles. The van der Waals surface area contributed by atoms with Crippen LogP contribution in [0.5, 0.6) is 0 Å². The third-order valence-electron chi connectivity index (χ3n) is 5.78. The SMILES string of the molecule is CC1CC(C)CN(S(=O)(=O)c2ccc(C(=O)NC3CCCCCC3)cc2)C1. The average Bonchev–Trinajstić information content (AvgIpc) is 2.89. The molecular weight excluding hydrogens is 360 g/mol. The smallest absolute Gasteiger partial charge is 0.251 e. The molecule has 0 radical (unpaired) electrons. The van der Waals surface area contributed by atoms with E-state index >= 15 is 0 Å². The first-order valence-electron chi connectivity index (χ1n) is 10.3. The molecule has 3 rings (SSSR count). The van der Waals surface area contributed by atoms with Crippen molar-refractivity contribution >= 4 is 15.9 Å². The Kier molecular flexibility index (Phi) is 6.58. The lowest BCUT2D eigenvalue weighted by atomic mass is 9.94. The summed E-state index contributed by atoms with van der Waals surface area (Å²) in [6.45, 7) is 5.32. The Bertz CT molecular complexity index is 727. The summed E-state index contributed by atoms with van der Waals surface area (Å²) < 4.78 is 27.5. The maximum absolute atomic E-state index is 12.9. The highest BCUT2D eigenvalue weighted by Gasteiger charge is 2.31. The topological polar surface area (TPSA) is 66.5 Å². The van der Waals surface area contributed by atoms with E-state index in [9.17, 15) is 13.2 Å². The summed E-state index contributed by atoms with van der Waals surface area (Å²) in [6, 6.07) is 6.65. The number of benzene rings is 1. The third kappa shape index (κ3) is 5.11. The van der Waals surface area contributed by atoms with Gasteiger partial charge in [-0.1, -0.05) is 39.5 Å². The zero-order chi connectivity index (χ0) is 19.4. The molecule has 1 saturated carbocycles. The summed E-state index contributed by atoms with van der Waals surface area (Å²) in [7, 11) is -3.50. The number of nitrogens with zero attached hydrogens (tertiary/aromatic N) is 1. The molecule has 1 amide bonds. The van der Waals surface area contributed by atoms with Crippen molar-refractivity contribution in [3.05, 3.63) is 29.8 Å². The average molecular weight is 393 g/mol. The first-order chi connectivity index (χ1) is 12.9. The Balaban J connectivity index is 1.67. The van der Waals surface area contributed by atoms with Gasteiger partial charge in [0.15, 0.2) is 0 Å². The first kappa shape index (κ1) is 20.3. The van der Waals surface area contributed by atoms with Crippen molar-refractivity contribution in [3.8, 4) is 0 Å². The zero-order valence-corrected chi connectivity index (χ0v) is 17.3. The van der Waals surface area contributed by atoms with Crippen molar-refractivity contribution in [2.75, 3.05) is 13.1 Å². The summed E-state index contributed by atoms with van der Waals surface area (Å²) in [4.78, 5) is 12.8. The van der Waals surface area contributed by atoms with E-state index in [-0.39, 0.29) is 16.8 Å². The summed E-state index contributed by atoms with van der Waals surface area (Å²) in [5.74, 6) is 0.632. The summed E-state index contributed by atoms with van der Waals surface area (Å²) >= 11 is 0. The predicted molar refractivity (Wildman–Crippen MR) is 107 cm³/mol. The lowest BCUT2D eigenvalue weighted by Crippen LogP contribution is -2.42. The van der Waals surface area contributed by atoms with Crippen LogP contribution in [-0.4, -0.2) is 37.8 Å². The first-order valence-corrected chi connectivity index (χ1v) is 11.7. The number of nitrogens with one attached hydrogen (secondary N) is 1. The maximum Gasteiger partial charge on any atom is 0.251 e. The van der Waals surface area contributed by atoms with Crippen LogP contribution >= 0.6 is 0 Å². The second-order valence-corrected chi connectivity index (χ2v) is 10.4. The highest BCUT2D eigenvalue weighted by Crippen LogP contribution is 2.27. The van der Waals surface area contributed by atoms with Gasteiger partial charge in [0, 0.05) is 24.7 Å². The molecule has 1 aliphatic heterocycles. The van der Waals surface area contributed by atoms with Crippen LogP contribution in [-0.2, 0) is 10.0 Å². The molecule has 2 aliphatic rings. The van der Waals surface area contributed by atoms with E-state index in [0.717, 1.165) is 32.1 Å². The highest BCUT2D eigenvalue weighted by molar-refractivity contribution is 7.89. The Labute approximate surface area is 163 Å². The number of carbonyl (C=O) groups is 1. The molecule has 1 saturated heterocycles. The van der Waals surface area contributed by atoms with Gasteiger partial charge in [-0.25, -0.2) is 8.42 Å². The third-order valence-corrected chi connectivity index (χ3v) is 7.63. The van der Waals surface area contributed by atoms with Gasteiger partial charge in [0.05, 0.1) is 4.90 Å². The molecule has 1 aromatic rings. The van der Waals surface area contributed by atoms with Crippen molar-refractivity contribution in [1.29, 1.82) is 0 Å². The summed E-state index contributed by atoms with van der Waals surface area (Å²) in [5.41, 5.74) is 0.526. The minimum Gasteiger partial charge on any atom is -0.349 e. The Hall–Kier alpha value is -1.40. The van der Waals surface area contributed by atoms with Gasteiger partial charge in [-0.15, -0.1) is 0 Å². The number of rotatable bonds is 4. The van der Waals surface area contributed by atoms with Crippen LogP contribution in [0.25, 0.3) is 0 Å². The van der Waals surface area contributed by atoms with Crippen molar-refractivity contribution in [3.63, 3.8) is 0 Å². The van der Waals surface area contributed by atoms with Crippen LogP contribution in [0.15, 0.2) is 29.2 Å². The lowest BCUT2D eigenvalue weighted by Gasteiger charge is -2.34. The molecule has 150 valence electrons. The van der Waals surface area contributed by atoms with Crippen LogP contribution in [0.4, 0.5) is 0 Å².